The Labute approximate surface area is 164 Å². The van der Waals surface area contributed by atoms with Crippen LogP contribution in [0.4, 0.5) is 0 Å². The second-order valence-electron chi connectivity index (χ2n) is 7.62. The van der Waals surface area contributed by atoms with Gasteiger partial charge in [0.2, 0.25) is 5.91 Å². The summed E-state index contributed by atoms with van der Waals surface area (Å²) in [6.45, 7) is 3.20. The summed E-state index contributed by atoms with van der Waals surface area (Å²) in [4.78, 5) is 42.5. The Bertz CT molecular complexity index is 755. The molecular weight excluding hydrogens is 366 g/mol. The van der Waals surface area contributed by atoms with E-state index in [9.17, 15) is 14.4 Å². The highest BCUT2D eigenvalue weighted by Gasteiger charge is 2.46. The van der Waals surface area contributed by atoms with E-state index >= 15 is 0 Å². The van der Waals surface area contributed by atoms with Gasteiger partial charge < -0.3 is 14.7 Å². The van der Waals surface area contributed by atoms with Gasteiger partial charge in [-0.1, -0.05) is 23.7 Å². The second kappa shape index (κ2) is 7.50. The van der Waals surface area contributed by atoms with Crippen molar-refractivity contribution in [2.45, 2.75) is 25.2 Å². The molecule has 3 aliphatic rings. The smallest absolute Gasteiger partial charge is 0.312 e. The number of benzene rings is 1. The molecule has 144 valence electrons. The van der Waals surface area contributed by atoms with E-state index in [1.165, 1.54) is 0 Å². The predicted octanol–water partition coefficient (Wildman–Crippen LogP) is 1.74. The van der Waals surface area contributed by atoms with Gasteiger partial charge in [-0.2, -0.15) is 0 Å². The highest BCUT2D eigenvalue weighted by atomic mass is 35.5. The van der Waals surface area contributed by atoms with Crippen LogP contribution in [0.15, 0.2) is 24.3 Å². The number of carbonyl (C=O) groups is 3. The molecule has 0 N–H and O–H groups in total. The van der Waals surface area contributed by atoms with Gasteiger partial charge in [0.25, 0.3) is 0 Å². The largest absolute Gasteiger partial charge is 0.339 e. The van der Waals surface area contributed by atoms with E-state index in [4.69, 9.17) is 11.6 Å². The van der Waals surface area contributed by atoms with Crippen LogP contribution >= 0.6 is 11.6 Å². The lowest BCUT2D eigenvalue weighted by molar-refractivity contribution is -0.153. The monoisotopic (exact) mass is 389 g/mol. The molecular formula is C20H24ClN3O3. The topological polar surface area (TPSA) is 60.9 Å². The first-order chi connectivity index (χ1) is 13.0. The third-order valence-electron chi connectivity index (χ3n) is 5.84. The Balaban J connectivity index is 1.28. The molecule has 0 aromatic heterocycles. The highest BCUT2D eigenvalue weighted by Crippen LogP contribution is 2.48. The number of amides is 3. The van der Waals surface area contributed by atoms with Gasteiger partial charge in [-0.3, -0.25) is 14.4 Å². The van der Waals surface area contributed by atoms with E-state index < -0.39 is 11.8 Å². The Morgan fingerprint density at radius 3 is 2.07 bits per heavy atom. The summed E-state index contributed by atoms with van der Waals surface area (Å²) in [6, 6.07) is 7.70. The van der Waals surface area contributed by atoms with Crippen LogP contribution in [0.1, 0.15) is 30.7 Å². The van der Waals surface area contributed by atoms with Crippen molar-refractivity contribution in [3.63, 3.8) is 0 Å². The quantitative estimate of drug-likeness (QED) is 0.724. The summed E-state index contributed by atoms with van der Waals surface area (Å²) in [7, 11) is 0. The van der Waals surface area contributed by atoms with Crippen molar-refractivity contribution in [2.75, 3.05) is 39.3 Å². The highest BCUT2D eigenvalue weighted by molar-refractivity contribution is 6.35. The van der Waals surface area contributed by atoms with Crippen LogP contribution in [0.3, 0.4) is 0 Å². The number of hydrogen-bond acceptors (Lipinski definition) is 3. The second-order valence-corrected chi connectivity index (χ2v) is 8.06. The van der Waals surface area contributed by atoms with Crippen LogP contribution in [-0.2, 0) is 14.4 Å². The molecule has 3 amide bonds. The number of halogens is 1. The van der Waals surface area contributed by atoms with Gasteiger partial charge in [-0.15, -0.1) is 0 Å². The molecule has 0 bridgehead atoms. The van der Waals surface area contributed by atoms with Crippen LogP contribution in [-0.4, -0.2) is 71.7 Å². The first-order valence-electron chi connectivity index (χ1n) is 9.67. The Hall–Kier alpha value is -2.08. The molecule has 0 spiro atoms. The molecule has 0 radical (unpaired) electrons. The normalized spacial score (nSPS) is 24.9. The molecule has 2 unspecified atom stereocenters. The molecule has 2 atom stereocenters. The van der Waals surface area contributed by atoms with Gasteiger partial charge in [-0.05, 0) is 42.9 Å². The molecule has 2 aliphatic heterocycles. The number of likely N-dealkylation sites (tertiary alicyclic amines) is 1. The van der Waals surface area contributed by atoms with Gasteiger partial charge in [0.1, 0.15) is 0 Å². The van der Waals surface area contributed by atoms with Gasteiger partial charge in [0.05, 0.1) is 0 Å². The van der Waals surface area contributed by atoms with Crippen molar-refractivity contribution in [3.05, 3.63) is 34.9 Å². The van der Waals surface area contributed by atoms with E-state index in [0.717, 1.165) is 24.8 Å². The summed E-state index contributed by atoms with van der Waals surface area (Å²) in [6.07, 6.45) is 2.79. The van der Waals surface area contributed by atoms with Crippen molar-refractivity contribution in [3.8, 4) is 0 Å². The molecule has 6 nitrogen and oxygen atoms in total. The minimum atomic E-state index is -0.424. The number of hydrogen-bond donors (Lipinski definition) is 0. The van der Waals surface area contributed by atoms with Gasteiger partial charge in [0, 0.05) is 50.2 Å². The Morgan fingerprint density at radius 2 is 1.44 bits per heavy atom. The standard InChI is InChI=1S/C20H24ClN3O3/c21-15-5-3-4-14(12-15)16-13-17(16)18(25)23-8-10-24(11-9-23)20(27)19(26)22-6-1-2-7-22/h3-5,12,16-17H,1-2,6-11,13H2. The lowest BCUT2D eigenvalue weighted by atomic mass is 10.1. The van der Waals surface area contributed by atoms with Crippen LogP contribution in [0, 0.1) is 5.92 Å². The fourth-order valence-electron chi connectivity index (χ4n) is 4.13. The number of rotatable bonds is 2. The molecule has 1 saturated carbocycles. The molecule has 27 heavy (non-hydrogen) atoms. The van der Waals surface area contributed by atoms with Crippen molar-refractivity contribution in [1.82, 2.24) is 14.7 Å². The summed E-state index contributed by atoms with van der Waals surface area (Å²) in [5, 5.41) is 0.695. The molecule has 1 aromatic carbocycles. The van der Waals surface area contributed by atoms with E-state index in [1.54, 1.807) is 9.80 Å². The molecule has 2 saturated heterocycles. The fraction of sp³-hybridized carbons (Fsp3) is 0.550. The first-order valence-corrected chi connectivity index (χ1v) is 10.0. The van der Waals surface area contributed by atoms with E-state index in [2.05, 4.69) is 0 Å². The van der Waals surface area contributed by atoms with E-state index in [0.29, 0.717) is 44.3 Å². The van der Waals surface area contributed by atoms with E-state index in [1.807, 2.05) is 29.2 Å². The number of nitrogens with zero attached hydrogens (tertiary/aromatic N) is 3. The minimum Gasteiger partial charge on any atom is -0.339 e. The maximum atomic E-state index is 12.8. The maximum Gasteiger partial charge on any atom is 0.312 e. The third kappa shape index (κ3) is 3.81. The van der Waals surface area contributed by atoms with Crippen molar-refractivity contribution < 1.29 is 14.4 Å². The van der Waals surface area contributed by atoms with Crippen LogP contribution in [0.25, 0.3) is 0 Å². The fourth-order valence-corrected chi connectivity index (χ4v) is 4.33. The summed E-state index contributed by atoms with van der Waals surface area (Å²) in [5.74, 6) is -0.412. The third-order valence-corrected chi connectivity index (χ3v) is 6.07. The van der Waals surface area contributed by atoms with Crippen LogP contribution < -0.4 is 0 Å². The maximum absolute atomic E-state index is 12.8. The lowest BCUT2D eigenvalue weighted by Gasteiger charge is -2.35. The number of carbonyl (C=O) groups excluding carboxylic acids is 3. The molecule has 4 rings (SSSR count). The van der Waals surface area contributed by atoms with Gasteiger partial charge in [0.15, 0.2) is 0 Å². The van der Waals surface area contributed by atoms with Crippen molar-refractivity contribution >= 4 is 29.3 Å². The first kappa shape index (κ1) is 18.3. The predicted molar refractivity (Wildman–Crippen MR) is 101 cm³/mol. The zero-order valence-corrected chi connectivity index (χ0v) is 16.0. The molecule has 3 fully saturated rings. The SMILES string of the molecule is O=C(C(=O)N1CCN(C(=O)C2CC2c2cccc(Cl)c2)CC1)N1CCCC1. The van der Waals surface area contributed by atoms with Crippen molar-refractivity contribution in [1.29, 1.82) is 0 Å². The minimum absolute atomic E-state index is 0.0111. The zero-order chi connectivity index (χ0) is 19.0. The molecule has 7 heteroatoms. The molecule has 1 aliphatic carbocycles. The zero-order valence-electron chi connectivity index (χ0n) is 15.3. The molecule has 2 heterocycles. The van der Waals surface area contributed by atoms with Gasteiger partial charge >= 0.3 is 11.8 Å². The average molecular weight is 390 g/mol. The van der Waals surface area contributed by atoms with Gasteiger partial charge in [-0.25, -0.2) is 0 Å². The van der Waals surface area contributed by atoms with Crippen LogP contribution in [0.5, 0.6) is 0 Å². The number of piperazine rings is 1. The Morgan fingerprint density at radius 1 is 0.852 bits per heavy atom. The summed E-state index contributed by atoms with van der Waals surface area (Å²) >= 11 is 6.05. The Kier molecular flexibility index (Phi) is 5.08. The summed E-state index contributed by atoms with van der Waals surface area (Å²) < 4.78 is 0. The van der Waals surface area contributed by atoms with Crippen LogP contribution in [0.2, 0.25) is 5.02 Å². The van der Waals surface area contributed by atoms with E-state index in [-0.39, 0.29) is 17.7 Å². The summed E-state index contributed by atoms with van der Waals surface area (Å²) in [5.41, 5.74) is 1.12. The van der Waals surface area contributed by atoms with Crippen molar-refractivity contribution in [2.24, 2.45) is 5.92 Å². The molecule has 1 aromatic rings. The lowest BCUT2D eigenvalue weighted by Crippen LogP contribution is -2.54. The average Bonchev–Trinajstić information content (AvgIpc) is 3.31.